The molecule has 0 aromatic rings. The summed E-state index contributed by atoms with van der Waals surface area (Å²) >= 11 is 7.53. The molecule has 0 bridgehead atoms. The molecule has 0 saturated heterocycles. The van der Waals surface area contributed by atoms with Gasteiger partial charge in [0.25, 0.3) is 0 Å². The Morgan fingerprint density at radius 1 is 0.651 bits per heavy atom. The summed E-state index contributed by atoms with van der Waals surface area (Å²) in [5.74, 6) is -4.96. The topological polar surface area (TPSA) is 373 Å². The maximum atomic E-state index is 10.5. The molecule has 0 aliphatic rings. The molecule has 0 fully saturated rings. The quantitative estimate of drug-likeness (QED) is 0.0352. The zero-order chi connectivity index (χ0) is 33.2. The molecule has 0 aliphatic heterocycles. The second-order valence-corrected chi connectivity index (χ2v) is 12.0. The van der Waals surface area contributed by atoms with Gasteiger partial charge in [-0.2, -0.15) is 33.9 Å². The summed E-state index contributed by atoms with van der Waals surface area (Å²) in [6.07, 6.45) is -1.48. The number of hydrogen-bond donors (Lipinski definition) is 11. The van der Waals surface area contributed by atoms with Gasteiger partial charge in [0.15, 0.2) is 0 Å². The zero-order valence-electron chi connectivity index (χ0n) is 22.5. The molecule has 9 N–H and O–H groups in total. The second kappa shape index (κ2) is 26.9. The number of rotatable bonds is 18. The molecule has 0 aromatic heterocycles. The van der Waals surface area contributed by atoms with Crippen molar-refractivity contribution in [2.45, 2.75) is 12.2 Å². The SMILES string of the molecule is O=C([O-])CN(CCN(CC(=O)O)CC(=O)O)CC(=O)[O-].O=P(O)(O)OP(=O)(O)OP(=O)(O)O.O[C@H](CS)[C@H](O)CS.[Na+].[Na+]. The molecule has 0 aromatic carbocycles. The number of carboxylic acid groups (broad SMARTS) is 4. The molecule has 0 spiro atoms. The standard InChI is InChI=1S/C10H16N2O8.C4H10O2S2.2Na.H5O10P3/c13-7(14)3-11(4-8(15)16)1-2-12(5-9(17)18)6-10(19)20;5-3(1-7)4(6)2-8;;;1-11(2,3)9-13(7,8)10-12(4,5)6/h1-6H2,(H,13,14)(H,15,16)(H,17,18)(H,19,20);3-8H,1-2H2;;;(H,7,8)(H2,1,2,3)(H2,4,5,6)/q;;2*+1;/p-2/t;3-,4-;;;/m.1.../s1. The Morgan fingerprint density at radius 2 is 0.907 bits per heavy atom. The Hall–Kier alpha value is 0.830. The van der Waals surface area contributed by atoms with E-state index in [1.54, 1.807) is 0 Å². The third-order valence-corrected chi connectivity index (χ3v) is 7.49. The minimum Gasteiger partial charge on any atom is -0.549 e. The molecule has 22 nitrogen and oxygen atoms in total. The molecule has 0 unspecified atom stereocenters. The predicted molar refractivity (Wildman–Crippen MR) is 134 cm³/mol. The van der Waals surface area contributed by atoms with Crippen molar-refractivity contribution in [3.05, 3.63) is 0 Å². The first-order valence-electron chi connectivity index (χ1n) is 10.1. The maximum Gasteiger partial charge on any atom is 1.00 e. The molecule has 0 amide bonds. The molecule has 244 valence electrons. The van der Waals surface area contributed by atoms with E-state index in [2.05, 4.69) is 33.9 Å². The molecule has 2 atom stereocenters. The van der Waals surface area contributed by atoms with Gasteiger partial charge in [0.2, 0.25) is 0 Å². The van der Waals surface area contributed by atoms with Gasteiger partial charge in [-0.05, 0) is 0 Å². The van der Waals surface area contributed by atoms with Crippen LogP contribution in [0.15, 0.2) is 0 Å². The van der Waals surface area contributed by atoms with Crippen LogP contribution in [0.5, 0.6) is 0 Å². The largest absolute Gasteiger partial charge is 1.00 e. The van der Waals surface area contributed by atoms with Gasteiger partial charge in [0.05, 0.1) is 37.2 Å². The number of aliphatic carboxylic acids is 4. The van der Waals surface area contributed by atoms with E-state index < -0.39 is 85.7 Å². The maximum absolute atomic E-state index is 10.5. The summed E-state index contributed by atoms with van der Waals surface area (Å²) in [4.78, 5) is 84.1. The number of carboxylic acids is 4. The summed E-state index contributed by atoms with van der Waals surface area (Å²) in [6.45, 7) is -2.75. The van der Waals surface area contributed by atoms with Crippen LogP contribution in [-0.2, 0) is 41.5 Å². The number of carbonyl (C=O) groups is 4. The van der Waals surface area contributed by atoms with Crippen LogP contribution in [0.1, 0.15) is 0 Å². The van der Waals surface area contributed by atoms with Crippen LogP contribution in [0.2, 0.25) is 0 Å². The van der Waals surface area contributed by atoms with Crippen LogP contribution in [0.25, 0.3) is 0 Å². The predicted octanol–water partition coefficient (Wildman–Crippen LogP) is -11.9. The number of phosphoric acid groups is 3. The number of hydrogen-bond acceptors (Lipinski definition) is 17. The molecular weight excluding hydrogens is 719 g/mol. The summed E-state index contributed by atoms with van der Waals surface area (Å²) in [6, 6.07) is 0. The number of nitrogens with zero attached hydrogens (tertiary/aromatic N) is 2. The van der Waals surface area contributed by atoms with Gasteiger partial charge in [-0.3, -0.25) is 19.4 Å². The van der Waals surface area contributed by atoms with E-state index in [1.807, 2.05) is 0 Å². The number of aliphatic hydroxyl groups excluding tert-OH is 2. The molecule has 0 saturated carbocycles. The second-order valence-electron chi connectivity index (χ2n) is 7.07. The summed E-state index contributed by atoms with van der Waals surface area (Å²) in [5.41, 5.74) is 0. The zero-order valence-corrected chi connectivity index (χ0v) is 30.9. The minimum absolute atomic E-state index is 0. The van der Waals surface area contributed by atoms with E-state index in [1.165, 1.54) is 0 Å². The normalized spacial score (nSPS) is 12.7. The van der Waals surface area contributed by atoms with Crippen LogP contribution in [0.3, 0.4) is 0 Å². The van der Waals surface area contributed by atoms with Crippen molar-refractivity contribution in [3.8, 4) is 0 Å². The first-order chi connectivity index (χ1) is 18.3. The number of thiol groups is 2. The molecule has 0 aliphatic carbocycles. The van der Waals surface area contributed by atoms with Gasteiger partial charge in [-0.1, -0.05) is 0 Å². The monoisotopic (exact) mass is 748 g/mol. The van der Waals surface area contributed by atoms with Crippen LogP contribution in [0, 0.1) is 0 Å². The van der Waals surface area contributed by atoms with Crippen LogP contribution < -0.4 is 69.3 Å². The Kier molecular flexibility index (Phi) is 33.3. The van der Waals surface area contributed by atoms with Gasteiger partial charge in [-0.25, -0.2) is 13.7 Å². The van der Waals surface area contributed by atoms with Crippen molar-refractivity contribution >= 4 is 72.6 Å². The molecule has 0 heterocycles. The summed E-state index contributed by atoms with van der Waals surface area (Å²) < 4.78 is 36.4. The third kappa shape index (κ3) is 40.8. The fourth-order valence-electron chi connectivity index (χ4n) is 1.99. The smallest absolute Gasteiger partial charge is 0.549 e. The molecule has 0 radical (unpaired) electrons. The van der Waals surface area contributed by atoms with Crippen molar-refractivity contribution in [2.24, 2.45) is 0 Å². The van der Waals surface area contributed by atoms with Crippen molar-refractivity contribution in [2.75, 3.05) is 50.8 Å². The molecule has 43 heavy (non-hydrogen) atoms. The van der Waals surface area contributed by atoms with E-state index in [0.29, 0.717) is 0 Å². The van der Waals surface area contributed by atoms with Gasteiger partial charge in [0, 0.05) is 37.7 Å². The van der Waals surface area contributed by atoms with E-state index in [4.69, 9.17) is 44.9 Å². The fourth-order valence-corrected chi connectivity index (χ4v) is 5.01. The third-order valence-electron chi connectivity index (χ3n) is 3.39. The van der Waals surface area contributed by atoms with Crippen LogP contribution >= 0.6 is 48.7 Å². The van der Waals surface area contributed by atoms with Gasteiger partial charge in [0.1, 0.15) is 0 Å². The average molecular weight is 748 g/mol. The van der Waals surface area contributed by atoms with Gasteiger partial charge in [-0.15, -0.1) is 0 Å². The van der Waals surface area contributed by atoms with E-state index in [0.717, 1.165) is 9.80 Å². The van der Waals surface area contributed by atoms with E-state index in [9.17, 15) is 43.1 Å². The fraction of sp³-hybridized carbons (Fsp3) is 0.714. The Bertz CT molecular complexity index is 883. The molecular formula is C14H29N2Na2O20P3S2. The van der Waals surface area contributed by atoms with E-state index >= 15 is 0 Å². The summed E-state index contributed by atoms with van der Waals surface area (Å²) in [7, 11) is -16.2. The minimum atomic E-state index is -5.46. The van der Waals surface area contributed by atoms with Gasteiger partial charge >= 0.3 is 94.5 Å². The Morgan fingerprint density at radius 3 is 1.09 bits per heavy atom. The van der Waals surface area contributed by atoms with Crippen molar-refractivity contribution in [1.82, 2.24) is 9.80 Å². The van der Waals surface area contributed by atoms with Crippen molar-refractivity contribution in [1.29, 1.82) is 0 Å². The van der Waals surface area contributed by atoms with E-state index in [-0.39, 0.29) is 83.7 Å². The molecule has 29 heteroatoms. The Balaban J connectivity index is -0.000000181. The van der Waals surface area contributed by atoms with Crippen molar-refractivity contribution < 1.29 is 156 Å². The first kappa shape index (κ1) is 53.3. The number of aliphatic hydroxyl groups is 2. The first-order valence-corrected chi connectivity index (χ1v) is 15.9. The van der Waals surface area contributed by atoms with Crippen molar-refractivity contribution in [3.63, 3.8) is 0 Å². The van der Waals surface area contributed by atoms with Crippen LogP contribution in [0.4, 0.5) is 0 Å². The molecule has 0 rings (SSSR count). The average Bonchev–Trinajstić information content (AvgIpc) is 2.72. The number of carbonyl (C=O) groups excluding carboxylic acids is 2. The Labute approximate surface area is 298 Å². The van der Waals surface area contributed by atoms with Crippen LogP contribution in [-0.4, -0.2) is 142 Å². The van der Waals surface area contributed by atoms with Gasteiger partial charge < -0.3 is 64.7 Å². The summed E-state index contributed by atoms with van der Waals surface area (Å²) in [5, 5.41) is 55.5.